The summed E-state index contributed by atoms with van der Waals surface area (Å²) in [6.07, 6.45) is 2.47. The summed E-state index contributed by atoms with van der Waals surface area (Å²) in [6, 6.07) is 8.67. The highest BCUT2D eigenvalue weighted by atomic mass is 35.5. The Morgan fingerprint density at radius 2 is 2.12 bits per heavy atom. The summed E-state index contributed by atoms with van der Waals surface area (Å²) >= 11 is 0. The Labute approximate surface area is 159 Å². The van der Waals surface area contributed by atoms with Crippen LogP contribution in [0.5, 0.6) is 0 Å². The van der Waals surface area contributed by atoms with Crippen molar-refractivity contribution in [1.82, 2.24) is 10.2 Å². The molecule has 0 bridgehead atoms. The Morgan fingerprint density at radius 3 is 2.81 bits per heavy atom. The molecule has 6 nitrogen and oxygen atoms in total. The number of furan rings is 1. The SMILES string of the molecule is CNCC1CCN(C(=O)c2ccc(C)c(NC(=O)c3ccco3)c2)C1.Cl. The lowest BCUT2D eigenvalue weighted by molar-refractivity contribution is 0.0787. The van der Waals surface area contributed by atoms with Gasteiger partial charge in [0, 0.05) is 24.3 Å². The fourth-order valence-corrected chi connectivity index (χ4v) is 3.14. The first kappa shape index (κ1) is 20.0. The van der Waals surface area contributed by atoms with E-state index in [1.807, 2.05) is 31.0 Å². The van der Waals surface area contributed by atoms with Crippen molar-refractivity contribution in [1.29, 1.82) is 0 Å². The first-order valence-electron chi connectivity index (χ1n) is 8.48. The topological polar surface area (TPSA) is 74.6 Å². The lowest BCUT2D eigenvalue weighted by Crippen LogP contribution is -2.30. The molecule has 0 aliphatic carbocycles. The van der Waals surface area contributed by atoms with Gasteiger partial charge in [0.25, 0.3) is 11.8 Å². The zero-order chi connectivity index (χ0) is 17.8. The number of carbonyl (C=O) groups excluding carboxylic acids is 2. The van der Waals surface area contributed by atoms with Gasteiger partial charge in [-0.1, -0.05) is 6.07 Å². The lowest BCUT2D eigenvalue weighted by atomic mass is 10.1. The van der Waals surface area contributed by atoms with Crippen molar-refractivity contribution >= 4 is 29.9 Å². The molecule has 7 heteroatoms. The van der Waals surface area contributed by atoms with Crippen LogP contribution in [-0.4, -0.2) is 43.4 Å². The summed E-state index contributed by atoms with van der Waals surface area (Å²) in [5.41, 5.74) is 2.11. The number of likely N-dealkylation sites (tertiary alicyclic amines) is 1. The van der Waals surface area contributed by atoms with Crippen LogP contribution in [0, 0.1) is 12.8 Å². The van der Waals surface area contributed by atoms with Gasteiger partial charge in [-0.05, 0) is 62.7 Å². The molecule has 2 amide bonds. The maximum Gasteiger partial charge on any atom is 0.291 e. The van der Waals surface area contributed by atoms with E-state index in [1.165, 1.54) is 6.26 Å². The fraction of sp³-hybridized carbons (Fsp3) is 0.368. The van der Waals surface area contributed by atoms with Gasteiger partial charge in [0.05, 0.1) is 6.26 Å². The lowest BCUT2D eigenvalue weighted by Gasteiger charge is -2.18. The first-order chi connectivity index (χ1) is 12.1. The number of amides is 2. The van der Waals surface area contributed by atoms with Gasteiger partial charge >= 0.3 is 0 Å². The molecule has 1 aliphatic heterocycles. The van der Waals surface area contributed by atoms with Crippen molar-refractivity contribution in [3.8, 4) is 0 Å². The summed E-state index contributed by atoms with van der Waals surface area (Å²) < 4.78 is 5.11. The minimum absolute atomic E-state index is 0. The van der Waals surface area contributed by atoms with E-state index < -0.39 is 0 Å². The van der Waals surface area contributed by atoms with Gasteiger partial charge < -0.3 is 20.0 Å². The molecule has 0 radical (unpaired) electrons. The molecule has 1 fully saturated rings. The molecule has 2 heterocycles. The highest BCUT2D eigenvalue weighted by Gasteiger charge is 2.26. The third kappa shape index (κ3) is 4.45. The molecule has 1 atom stereocenters. The largest absolute Gasteiger partial charge is 0.459 e. The molecule has 26 heavy (non-hydrogen) atoms. The molecule has 1 aliphatic rings. The van der Waals surface area contributed by atoms with Gasteiger partial charge in [0.15, 0.2) is 5.76 Å². The number of hydrogen-bond donors (Lipinski definition) is 2. The Morgan fingerprint density at radius 1 is 1.31 bits per heavy atom. The van der Waals surface area contributed by atoms with Crippen LogP contribution in [0.3, 0.4) is 0 Å². The molecule has 1 unspecified atom stereocenters. The average molecular weight is 378 g/mol. The van der Waals surface area contributed by atoms with Crippen LogP contribution >= 0.6 is 12.4 Å². The number of nitrogens with zero attached hydrogens (tertiary/aromatic N) is 1. The van der Waals surface area contributed by atoms with Crippen LogP contribution in [0.4, 0.5) is 5.69 Å². The smallest absolute Gasteiger partial charge is 0.291 e. The number of rotatable bonds is 5. The average Bonchev–Trinajstić information content (AvgIpc) is 3.28. The summed E-state index contributed by atoms with van der Waals surface area (Å²) in [5, 5.41) is 5.98. The van der Waals surface area contributed by atoms with Gasteiger partial charge in [0.1, 0.15) is 0 Å². The third-order valence-electron chi connectivity index (χ3n) is 4.54. The van der Waals surface area contributed by atoms with Crippen LogP contribution in [0.1, 0.15) is 32.9 Å². The Bertz CT molecular complexity index is 761. The minimum Gasteiger partial charge on any atom is -0.459 e. The van der Waals surface area contributed by atoms with Crippen molar-refractivity contribution in [3.05, 3.63) is 53.5 Å². The second-order valence-electron chi connectivity index (χ2n) is 6.42. The fourth-order valence-electron chi connectivity index (χ4n) is 3.14. The predicted octanol–water partition coefficient (Wildman–Crippen LogP) is 2.94. The van der Waals surface area contributed by atoms with E-state index in [-0.39, 0.29) is 30.0 Å². The standard InChI is InChI=1S/C19H23N3O3.ClH/c1-13-5-6-15(19(24)22-8-7-14(12-22)11-20-2)10-16(13)21-18(23)17-4-3-9-25-17;/h3-6,9-10,14,20H,7-8,11-12H2,1-2H3,(H,21,23);1H. The number of nitrogens with one attached hydrogen (secondary N) is 2. The van der Waals surface area contributed by atoms with Gasteiger partial charge in [-0.25, -0.2) is 0 Å². The Hall–Kier alpha value is -2.31. The summed E-state index contributed by atoms with van der Waals surface area (Å²) in [7, 11) is 1.93. The van der Waals surface area contributed by atoms with Crippen molar-refractivity contribution < 1.29 is 14.0 Å². The van der Waals surface area contributed by atoms with Crippen molar-refractivity contribution in [2.45, 2.75) is 13.3 Å². The molecule has 1 aromatic heterocycles. The highest BCUT2D eigenvalue weighted by molar-refractivity contribution is 6.04. The van der Waals surface area contributed by atoms with Crippen molar-refractivity contribution in [2.75, 3.05) is 32.0 Å². The minimum atomic E-state index is -0.326. The summed E-state index contributed by atoms with van der Waals surface area (Å²) in [5.74, 6) is 0.420. The monoisotopic (exact) mass is 377 g/mol. The van der Waals surface area contributed by atoms with E-state index in [4.69, 9.17) is 4.42 Å². The molecule has 3 rings (SSSR count). The van der Waals surface area contributed by atoms with Gasteiger partial charge in [-0.3, -0.25) is 9.59 Å². The second-order valence-corrected chi connectivity index (χ2v) is 6.42. The van der Waals surface area contributed by atoms with Gasteiger partial charge in [-0.2, -0.15) is 0 Å². The maximum atomic E-state index is 12.7. The number of benzene rings is 1. The van der Waals surface area contributed by atoms with Crippen LogP contribution < -0.4 is 10.6 Å². The number of anilines is 1. The van der Waals surface area contributed by atoms with E-state index in [2.05, 4.69) is 10.6 Å². The second kappa shape index (κ2) is 8.87. The molecular weight excluding hydrogens is 354 g/mol. The maximum absolute atomic E-state index is 12.7. The predicted molar refractivity (Wildman–Crippen MR) is 103 cm³/mol. The summed E-state index contributed by atoms with van der Waals surface area (Å²) in [4.78, 5) is 26.8. The van der Waals surface area contributed by atoms with E-state index in [1.54, 1.807) is 18.2 Å². The van der Waals surface area contributed by atoms with E-state index in [0.29, 0.717) is 17.2 Å². The zero-order valence-electron chi connectivity index (χ0n) is 15.0. The Balaban J connectivity index is 0.00000243. The first-order valence-corrected chi connectivity index (χ1v) is 8.48. The van der Waals surface area contributed by atoms with Crippen LogP contribution in [0.2, 0.25) is 0 Å². The molecule has 2 N–H and O–H groups in total. The molecule has 1 saturated heterocycles. The van der Waals surface area contributed by atoms with Crippen LogP contribution in [-0.2, 0) is 0 Å². The van der Waals surface area contributed by atoms with Crippen LogP contribution in [0.15, 0.2) is 41.0 Å². The number of aryl methyl sites for hydroxylation is 1. The van der Waals surface area contributed by atoms with Crippen molar-refractivity contribution in [2.24, 2.45) is 5.92 Å². The molecule has 1 aromatic carbocycles. The van der Waals surface area contributed by atoms with Gasteiger partial charge in [0.2, 0.25) is 0 Å². The highest BCUT2D eigenvalue weighted by Crippen LogP contribution is 2.22. The van der Waals surface area contributed by atoms with Gasteiger partial charge in [-0.15, -0.1) is 12.4 Å². The normalized spacial score (nSPS) is 16.2. The van der Waals surface area contributed by atoms with E-state index in [9.17, 15) is 9.59 Å². The zero-order valence-corrected chi connectivity index (χ0v) is 15.8. The van der Waals surface area contributed by atoms with Crippen molar-refractivity contribution in [3.63, 3.8) is 0 Å². The number of carbonyl (C=O) groups is 2. The molecular formula is C19H24ClN3O3. The number of halogens is 1. The third-order valence-corrected chi connectivity index (χ3v) is 4.54. The molecule has 0 spiro atoms. The number of hydrogen-bond acceptors (Lipinski definition) is 4. The Kier molecular flexibility index (Phi) is 6.83. The molecule has 2 aromatic rings. The quantitative estimate of drug-likeness (QED) is 0.840. The van der Waals surface area contributed by atoms with Crippen LogP contribution in [0.25, 0.3) is 0 Å². The molecule has 0 saturated carbocycles. The summed E-state index contributed by atoms with van der Waals surface area (Å²) in [6.45, 7) is 4.35. The van der Waals surface area contributed by atoms with E-state index >= 15 is 0 Å². The molecule has 140 valence electrons. The van der Waals surface area contributed by atoms with E-state index in [0.717, 1.165) is 31.6 Å².